The molecule has 0 atom stereocenters. The number of halogens is 1. The predicted octanol–water partition coefficient (Wildman–Crippen LogP) is 3.74. The number of carbonyl (C=O) groups is 1. The normalized spacial score (nSPS) is 14.5. The first-order chi connectivity index (χ1) is 10.7. The van der Waals surface area contributed by atoms with Gasteiger partial charge in [-0.1, -0.05) is 30.0 Å². The molecule has 1 aromatic heterocycles. The van der Waals surface area contributed by atoms with Crippen molar-refractivity contribution >= 4 is 29.0 Å². The molecule has 22 heavy (non-hydrogen) atoms. The molecule has 1 fully saturated rings. The number of benzene rings is 1. The van der Waals surface area contributed by atoms with E-state index in [-0.39, 0.29) is 11.7 Å². The van der Waals surface area contributed by atoms with E-state index < -0.39 is 0 Å². The van der Waals surface area contributed by atoms with Crippen LogP contribution in [0.5, 0.6) is 0 Å². The van der Waals surface area contributed by atoms with E-state index in [4.69, 9.17) is 0 Å². The summed E-state index contributed by atoms with van der Waals surface area (Å²) in [5, 5.41) is 1.93. The van der Waals surface area contributed by atoms with Crippen molar-refractivity contribution in [3.63, 3.8) is 0 Å². The average molecular weight is 336 g/mol. The van der Waals surface area contributed by atoms with Gasteiger partial charge >= 0.3 is 0 Å². The van der Waals surface area contributed by atoms with E-state index in [0.717, 1.165) is 36.0 Å². The summed E-state index contributed by atoms with van der Waals surface area (Å²) in [5.41, 5.74) is 1.50. The maximum atomic E-state index is 13.6. The van der Waals surface area contributed by atoms with Crippen molar-refractivity contribution in [2.75, 3.05) is 13.1 Å². The third-order valence-corrected chi connectivity index (χ3v) is 5.75. The number of aromatic nitrogens is 1. The Labute approximate surface area is 137 Å². The first-order valence-electron chi connectivity index (χ1n) is 7.31. The lowest BCUT2D eigenvalue weighted by molar-refractivity contribution is -0.129. The van der Waals surface area contributed by atoms with Gasteiger partial charge in [0.15, 0.2) is 0 Å². The number of amides is 1. The van der Waals surface area contributed by atoms with Crippen molar-refractivity contribution < 1.29 is 9.18 Å². The van der Waals surface area contributed by atoms with Crippen molar-refractivity contribution in [2.45, 2.75) is 29.4 Å². The number of hydrogen-bond acceptors (Lipinski definition) is 4. The fourth-order valence-corrected chi connectivity index (χ4v) is 4.26. The molecule has 0 aliphatic carbocycles. The molecule has 6 heteroatoms. The molecular weight excluding hydrogens is 319 g/mol. The lowest BCUT2D eigenvalue weighted by atomic mass is 10.2. The molecule has 1 aliphatic heterocycles. The van der Waals surface area contributed by atoms with Crippen LogP contribution in [0.3, 0.4) is 0 Å². The first-order valence-corrected chi connectivity index (χ1v) is 9.17. The van der Waals surface area contributed by atoms with Crippen LogP contribution in [-0.4, -0.2) is 28.9 Å². The minimum Gasteiger partial charge on any atom is -0.342 e. The van der Waals surface area contributed by atoms with Gasteiger partial charge in [-0.15, -0.1) is 11.3 Å². The van der Waals surface area contributed by atoms with Crippen molar-refractivity contribution in [3.05, 3.63) is 46.7 Å². The van der Waals surface area contributed by atoms with Crippen LogP contribution in [0.25, 0.3) is 0 Å². The monoisotopic (exact) mass is 336 g/mol. The van der Waals surface area contributed by atoms with Crippen LogP contribution in [0.1, 0.15) is 24.1 Å². The Morgan fingerprint density at radius 3 is 2.86 bits per heavy atom. The maximum absolute atomic E-state index is 13.6. The van der Waals surface area contributed by atoms with Gasteiger partial charge in [0.2, 0.25) is 5.91 Å². The van der Waals surface area contributed by atoms with Crippen LogP contribution in [0.15, 0.2) is 34.0 Å². The highest BCUT2D eigenvalue weighted by atomic mass is 32.2. The minimum atomic E-state index is -0.184. The second-order valence-corrected chi connectivity index (χ2v) is 7.33. The van der Waals surface area contributed by atoms with Crippen molar-refractivity contribution in [1.29, 1.82) is 0 Å². The zero-order chi connectivity index (χ0) is 15.4. The fourth-order valence-electron chi connectivity index (χ4n) is 2.42. The van der Waals surface area contributed by atoms with Crippen LogP contribution in [0, 0.1) is 5.82 Å². The summed E-state index contributed by atoms with van der Waals surface area (Å²) >= 11 is 3.03. The molecule has 0 spiro atoms. The lowest BCUT2D eigenvalue weighted by Gasteiger charge is -2.13. The van der Waals surface area contributed by atoms with Crippen LogP contribution >= 0.6 is 23.1 Å². The van der Waals surface area contributed by atoms with Crippen molar-refractivity contribution in [2.24, 2.45) is 0 Å². The Balaban J connectivity index is 1.55. The molecular formula is C16H17FN2OS2. The van der Waals surface area contributed by atoms with E-state index in [2.05, 4.69) is 4.98 Å². The lowest BCUT2D eigenvalue weighted by Crippen LogP contribution is -2.29. The molecule has 2 aromatic rings. The maximum Gasteiger partial charge on any atom is 0.228 e. The van der Waals surface area contributed by atoms with Gasteiger partial charge < -0.3 is 4.90 Å². The molecule has 3 nitrogen and oxygen atoms in total. The summed E-state index contributed by atoms with van der Waals surface area (Å²) < 4.78 is 14.4. The van der Waals surface area contributed by atoms with Crippen LogP contribution < -0.4 is 0 Å². The summed E-state index contributed by atoms with van der Waals surface area (Å²) in [4.78, 5) is 18.5. The topological polar surface area (TPSA) is 33.2 Å². The van der Waals surface area contributed by atoms with Crippen LogP contribution in [0.2, 0.25) is 0 Å². The fraction of sp³-hybridized carbons (Fsp3) is 0.375. The van der Waals surface area contributed by atoms with Gasteiger partial charge in [0.1, 0.15) is 10.2 Å². The number of likely N-dealkylation sites (tertiary alicyclic amines) is 1. The van der Waals surface area contributed by atoms with Gasteiger partial charge in [-0.05, 0) is 24.5 Å². The number of nitrogens with zero attached hydrogens (tertiary/aromatic N) is 2. The number of hydrogen-bond donors (Lipinski definition) is 0. The molecule has 0 radical (unpaired) electrons. The van der Waals surface area contributed by atoms with E-state index in [1.54, 1.807) is 12.1 Å². The highest BCUT2D eigenvalue weighted by Crippen LogP contribution is 2.27. The van der Waals surface area contributed by atoms with Gasteiger partial charge in [-0.25, -0.2) is 9.37 Å². The summed E-state index contributed by atoms with van der Waals surface area (Å²) in [7, 11) is 0. The van der Waals surface area contributed by atoms with Crippen LogP contribution in [0.4, 0.5) is 4.39 Å². The van der Waals surface area contributed by atoms with E-state index in [1.165, 1.54) is 29.2 Å². The highest BCUT2D eigenvalue weighted by molar-refractivity contribution is 8.00. The molecule has 116 valence electrons. The second-order valence-electron chi connectivity index (χ2n) is 5.25. The van der Waals surface area contributed by atoms with E-state index in [9.17, 15) is 9.18 Å². The first kappa shape index (κ1) is 15.5. The molecule has 0 N–H and O–H groups in total. The molecule has 0 bridgehead atoms. The van der Waals surface area contributed by atoms with Gasteiger partial charge in [0, 0.05) is 24.2 Å². The molecule has 3 rings (SSSR count). The molecule has 0 unspecified atom stereocenters. The Morgan fingerprint density at radius 1 is 1.32 bits per heavy atom. The smallest absolute Gasteiger partial charge is 0.228 e. The molecule has 1 saturated heterocycles. The largest absolute Gasteiger partial charge is 0.342 e. The third kappa shape index (κ3) is 3.87. The zero-order valence-corrected chi connectivity index (χ0v) is 13.8. The molecule has 1 amide bonds. The SMILES string of the molecule is O=C(Cc1csc(SCc2ccccc2F)n1)N1CCCC1. The third-order valence-electron chi connectivity index (χ3n) is 3.63. The van der Waals surface area contributed by atoms with Gasteiger partial charge in [-0.2, -0.15) is 0 Å². The molecule has 0 saturated carbocycles. The minimum absolute atomic E-state index is 0.161. The summed E-state index contributed by atoms with van der Waals surface area (Å²) in [6.07, 6.45) is 2.58. The summed E-state index contributed by atoms with van der Waals surface area (Å²) in [6, 6.07) is 6.78. The highest BCUT2D eigenvalue weighted by Gasteiger charge is 2.19. The summed E-state index contributed by atoms with van der Waals surface area (Å²) in [6.45, 7) is 1.75. The molecule has 2 heterocycles. The number of thiazole rings is 1. The predicted molar refractivity (Wildman–Crippen MR) is 87.6 cm³/mol. The van der Waals surface area contributed by atoms with Crippen molar-refractivity contribution in [3.8, 4) is 0 Å². The van der Waals surface area contributed by atoms with Crippen LogP contribution in [-0.2, 0) is 17.0 Å². The van der Waals surface area contributed by atoms with Gasteiger partial charge in [0.05, 0.1) is 12.1 Å². The number of rotatable bonds is 5. The Kier molecular flexibility index (Phi) is 5.10. The zero-order valence-electron chi connectivity index (χ0n) is 12.1. The van der Waals surface area contributed by atoms with E-state index in [0.29, 0.717) is 17.7 Å². The van der Waals surface area contributed by atoms with Gasteiger partial charge in [-0.3, -0.25) is 4.79 Å². The Hall–Kier alpha value is -1.40. The van der Waals surface area contributed by atoms with E-state index >= 15 is 0 Å². The number of carbonyl (C=O) groups excluding carboxylic acids is 1. The second kappa shape index (κ2) is 7.24. The van der Waals surface area contributed by atoms with E-state index in [1.807, 2.05) is 16.3 Å². The number of thioether (sulfide) groups is 1. The van der Waals surface area contributed by atoms with Crippen molar-refractivity contribution in [1.82, 2.24) is 9.88 Å². The quantitative estimate of drug-likeness (QED) is 0.780. The average Bonchev–Trinajstić information content (AvgIpc) is 3.18. The molecule has 1 aromatic carbocycles. The van der Waals surface area contributed by atoms with Gasteiger partial charge in [0.25, 0.3) is 0 Å². The standard InChI is InChI=1S/C16H17FN2OS2/c17-14-6-2-1-5-12(14)10-21-16-18-13(11-22-16)9-15(20)19-7-3-4-8-19/h1-2,5-6,11H,3-4,7-10H2. The molecule has 1 aliphatic rings. The summed E-state index contributed by atoms with van der Waals surface area (Å²) in [5.74, 6) is 0.532. The Morgan fingerprint density at radius 2 is 2.09 bits per heavy atom. The Bertz CT molecular complexity index is 653.